The summed E-state index contributed by atoms with van der Waals surface area (Å²) in [5.41, 5.74) is 6.22. The van der Waals surface area contributed by atoms with Gasteiger partial charge in [0.1, 0.15) is 19.4 Å². The average Bonchev–Trinajstić information content (AvgIpc) is 2.71. The number of aliphatic hydroxyl groups is 1. The van der Waals surface area contributed by atoms with Crippen LogP contribution in [0.1, 0.15) is 5.56 Å². The number of ether oxygens (including phenoxy) is 5. The Labute approximate surface area is 166 Å². The Kier molecular flexibility index (Phi) is 15.3. The maximum atomic E-state index is 11.5. The largest absolute Gasteiger partial charge is 0.459 e. The van der Waals surface area contributed by atoms with Crippen molar-refractivity contribution in [3.05, 3.63) is 35.9 Å². The summed E-state index contributed by atoms with van der Waals surface area (Å²) in [6.45, 7) is 3.62. The van der Waals surface area contributed by atoms with Crippen LogP contribution < -0.4 is 11.1 Å². The van der Waals surface area contributed by atoms with Gasteiger partial charge in [-0.25, -0.2) is 4.79 Å². The molecule has 1 unspecified atom stereocenters. The highest BCUT2D eigenvalue weighted by Gasteiger charge is 2.04. The number of rotatable bonds is 18. The van der Waals surface area contributed by atoms with Crippen molar-refractivity contribution in [3.8, 4) is 0 Å². The molecule has 0 fully saturated rings. The third kappa shape index (κ3) is 14.5. The molecule has 1 aromatic carbocycles. The molecule has 0 spiro atoms. The summed E-state index contributed by atoms with van der Waals surface area (Å²) in [5.74, 6) is -0.415. The Morgan fingerprint density at radius 2 is 1.64 bits per heavy atom. The summed E-state index contributed by atoms with van der Waals surface area (Å²) < 4.78 is 26.0. The Hall–Kier alpha value is -1.59. The van der Waals surface area contributed by atoms with E-state index >= 15 is 0 Å². The summed E-state index contributed by atoms with van der Waals surface area (Å²) in [7, 11) is 0. The van der Waals surface area contributed by atoms with E-state index in [1.165, 1.54) is 0 Å². The van der Waals surface area contributed by atoms with Crippen molar-refractivity contribution in [1.29, 1.82) is 0 Å². The van der Waals surface area contributed by atoms with Gasteiger partial charge < -0.3 is 34.5 Å². The predicted octanol–water partition coefficient (Wildman–Crippen LogP) is -0.337. The molecule has 0 aliphatic carbocycles. The Morgan fingerprint density at radius 3 is 2.39 bits per heavy atom. The van der Waals surface area contributed by atoms with Crippen LogP contribution in [0.3, 0.4) is 0 Å². The van der Waals surface area contributed by atoms with Crippen molar-refractivity contribution in [2.24, 2.45) is 5.73 Å². The second-order valence-corrected chi connectivity index (χ2v) is 5.76. The summed E-state index contributed by atoms with van der Waals surface area (Å²) >= 11 is 0. The molecule has 0 aliphatic heterocycles. The summed E-state index contributed by atoms with van der Waals surface area (Å²) in [6, 6.07) is 9.45. The second-order valence-electron chi connectivity index (χ2n) is 5.76. The number of carbonyl (C=O) groups is 1. The standard InChI is InChI=1S/C19H32N2O7/c20-6-8-24-10-12-26-15-18(22)21-7-9-25-11-13-27-16-19(23)28-14-17-4-2-1-3-5-17/h1-5,18,21-22H,6-16,20H2. The summed E-state index contributed by atoms with van der Waals surface area (Å²) in [5, 5.41) is 12.5. The fraction of sp³-hybridized carbons (Fsp3) is 0.632. The number of esters is 1. The fourth-order valence-electron chi connectivity index (χ4n) is 2.01. The van der Waals surface area contributed by atoms with Crippen molar-refractivity contribution in [1.82, 2.24) is 5.32 Å². The Balaban J connectivity index is 1.83. The number of hydrogen-bond donors (Lipinski definition) is 3. The van der Waals surface area contributed by atoms with Crippen molar-refractivity contribution < 1.29 is 33.6 Å². The third-order valence-corrected chi connectivity index (χ3v) is 3.37. The molecule has 0 aliphatic rings. The number of nitrogens with one attached hydrogen (secondary N) is 1. The van der Waals surface area contributed by atoms with Crippen molar-refractivity contribution in [2.45, 2.75) is 12.8 Å². The molecular formula is C19H32N2O7. The van der Waals surface area contributed by atoms with Crippen molar-refractivity contribution in [2.75, 3.05) is 65.9 Å². The molecule has 1 atom stereocenters. The van der Waals surface area contributed by atoms with Crippen LogP contribution in [-0.2, 0) is 35.1 Å². The van der Waals surface area contributed by atoms with Gasteiger partial charge in [0.25, 0.3) is 0 Å². The molecule has 0 bridgehead atoms. The molecule has 0 heterocycles. The molecule has 9 nitrogen and oxygen atoms in total. The van der Waals surface area contributed by atoms with Crippen LogP contribution >= 0.6 is 0 Å². The molecule has 1 aromatic rings. The first-order valence-corrected chi connectivity index (χ1v) is 9.34. The van der Waals surface area contributed by atoms with Crippen molar-refractivity contribution in [3.63, 3.8) is 0 Å². The van der Waals surface area contributed by atoms with Crippen molar-refractivity contribution >= 4 is 5.97 Å². The van der Waals surface area contributed by atoms with Crippen LogP contribution in [0.2, 0.25) is 0 Å². The highest BCUT2D eigenvalue weighted by atomic mass is 16.6. The van der Waals surface area contributed by atoms with E-state index in [-0.39, 0.29) is 26.4 Å². The lowest BCUT2D eigenvalue weighted by atomic mass is 10.2. The maximum Gasteiger partial charge on any atom is 0.332 e. The van der Waals surface area contributed by atoms with E-state index in [2.05, 4.69) is 5.32 Å². The van der Waals surface area contributed by atoms with Gasteiger partial charge in [0.15, 0.2) is 0 Å². The summed E-state index contributed by atoms with van der Waals surface area (Å²) in [6.07, 6.45) is -0.770. The van der Waals surface area contributed by atoms with Gasteiger partial charge in [-0.15, -0.1) is 0 Å². The van der Waals surface area contributed by atoms with E-state index in [9.17, 15) is 9.90 Å². The van der Waals surface area contributed by atoms with Crippen LogP contribution in [0, 0.1) is 0 Å². The van der Waals surface area contributed by atoms with Gasteiger partial charge in [-0.05, 0) is 5.56 Å². The predicted molar refractivity (Wildman–Crippen MR) is 103 cm³/mol. The number of aliphatic hydroxyl groups excluding tert-OH is 1. The zero-order valence-electron chi connectivity index (χ0n) is 16.2. The topological polar surface area (TPSA) is 122 Å². The van der Waals surface area contributed by atoms with Crippen LogP contribution in [0.5, 0.6) is 0 Å². The van der Waals surface area contributed by atoms with E-state index < -0.39 is 12.2 Å². The molecule has 0 amide bonds. The SMILES string of the molecule is NCCOCCOCC(O)NCCOCCOCC(=O)OCc1ccccc1. The van der Waals surface area contributed by atoms with Crippen LogP contribution in [-0.4, -0.2) is 83.2 Å². The zero-order chi connectivity index (χ0) is 20.3. The van der Waals surface area contributed by atoms with Gasteiger partial charge in [0.2, 0.25) is 0 Å². The fourth-order valence-corrected chi connectivity index (χ4v) is 2.01. The Morgan fingerprint density at radius 1 is 0.964 bits per heavy atom. The molecule has 0 saturated heterocycles. The van der Waals surface area contributed by atoms with Crippen LogP contribution in [0.25, 0.3) is 0 Å². The average molecular weight is 400 g/mol. The summed E-state index contributed by atoms with van der Waals surface area (Å²) in [4.78, 5) is 11.5. The van der Waals surface area contributed by atoms with Gasteiger partial charge in [-0.1, -0.05) is 30.3 Å². The quantitative estimate of drug-likeness (QED) is 0.173. The molecule has 0 aromatic heterocycles. The third-order valence-electron chi connectivity index (χ3n) is 3.37. The lowest BCUT2D eigenvalue weighted by Gasteiger charge is -2.13. The smallest absolute Gasteiger partial charge is 0.332 e. The molecule has 4 N–H and O–H groups in total. The highest BCUT2D eigenvalue weighted by molar-refractivity contribution is 5.70. The minimum atomic E-state index is -0.770. The molecule has 0 saturated carbocycles. The molecule has 0 radical (unpaired) electrons. The number of nitrogens with two attached hydrogens (primary N) is 1. The minimum Gasteiger partial charge on any atom is -0.459 e. The molecular weight excluding hydrogens is 368 g/mol. The monoisotopic (exact) mass is 400 g/mol. The lowest BCUT2D eigenvalue weighted by Crippen LogP contribution is -2.36. The zero-order valence-corrected chi connectivity index (χ0v) is 16.2. The normalized spacial score (nSPS) is 12.1. The Bertz CT molecular complexity index is 490. The molecule has 28 heavy (non-hydrogen) atoms. The number of hydrogen-bond acceptors (Lipinski definition) is 9. The maximum absolute atomic E-state index is 11.5. The highest BCUT2D eigenvalue weighted by Crippen LogP contribution is 2.00. The minimum absolute atomic E-state index is 0.112. The number of carbonyl (C=O) groups excluding carboxylic acids is 1. The van der Waals surface area contributed by atoms with E-state index in [0.29, 0.717) is 46.1 Å². The molecule has 1 rings (SSSR count). The van der Waals surface area contributed by atoms with E-state index in [1.807, 2.05) is 30.3 Å². The first-order valence-electron chi connectivity index (χ1n) is 9.34. The van der Waals surface area contributed by atoms with Gasteiger partial charge in [0.05, 0.1) is 46.2 Å². The van der Waals surface area contributed by atoms with Gasteiger partial charge >= 0.3 is 5.97 Å². The van der Waals surface area contributed by atoms with E-state index in [0.717, 1.165) is 5.56 Å². The van der Waals surface area contributed by atoms with E-state index in [1.54, 1.807) is 0 Å². The number of benzene rings is 1. The lowest BCUT2D eigenvalue weighted by molar-refractivity contribution is -0.150. The first-order chi connectivity index (χ1) is 13.7. The second kappa shape index (κ2) is 17.5. The van der Waals surface area contributed by atoms with Gasteiger partial charge in [-0.2, -0.15) is 0 Å². The molecule has 9 heteroatoms. The van der Waals surface area contributed by atoms with Gasteiger partial charge in [-0.3, -0.25) is 5.32 Å². The first kappa shape index (κ1) is 24.4. The van der Waals surface area contributed by atoms with Crippen LogP contribution in [0.15, 0.2) is 30.3 Å². The molecule has 160 valence electrons. The van der Waals surface area contributed by atoms with Crippen LogP contribution in [0.4, 0.5) is 0 Å². The van der Waals surface area contributed by atoms with E-state index in [4.69, 9.17) is 29.4 Å². The van der Waals surface area contributed by atoms with Gasteiger partial charge in [0, 0.05) is 13.1 Å².